The number of carbonyl (C=O) groups excluding carboxylic acids is 1. The maximum Gasteiger partial charge on any atom is 0.416 e. The number of halogens is 3. The van der Waals surface area contributed by atoms with Gasteiger partial charge in [-0.25, -0.2) is 0 Å². The van der Waals surface area contributed by atoms with Gasteiger partial charge in [-0.1, -0.05) is 12.1 Å². The van der Waals surface area contributed by atoms with E-state index in [9.17, 15) is 23.1 Å². The second kappa shape index (κ2) is 5.96. The van der Waals surface area contributed by atoms with Crippen molar-refractivity contribution in [1.29, 1.82) is 0 Å². The molecule has 0 aliphatic rings. The number of alkyl halides is 3. The van der Waals surface area contributed by atoms with Crippen LogP contribution in [0.2, 0.25) is 0 Å². The van der Waals surface area contributed by atoms with E-state index < -0.39 is 23.8 Å². The molecule has 0 spiro atoms. The molecule has 1 aromatic carbocycles. The molecule has 0 fully saturated rings. The molecule has 1 amide bonds. The summed E-state index contributed by atoms with van der Waals surface area (Å²) in [5.41, 5.74) is -0.570. The van der Waals surface area contributed by atoms with Crippen molar-refractivity contribution in [3.05, 3.63) is 53.3 Å². The zero-order valence-corrected chi connectivity index (χ0v) is 10.7. The number of aromatic nitrogens is 2. The number of aromatic amines is 1. The molecule has 0 unspecified atom stereocenters. The molecule has 2 aromatic rings. The van der Waals surface area contributed by atoms with E-state index >= 15 is 0 Å². The van der Waals surface area contributed by atoms with E-state index in [4.69, 9.17) is 0 Å². The average molecular weight is 299 g/mol. The number of nitrogens with one attached hydrogen (secondary N) is 2. The summed E-state index contributed by atoms with van der Waals surface area (Å²) in [5.74, 6) is -0.501. The van der Waals surface area contributed by atoms with Crippen LogP contribution in [0.15, 0.2) is 36.5 Å². The molecule has 1 atom stereocenters. The van der Waals surface area contributed by atoms with Crippen molar-refractivity contribution in [2.45, 2.75) is 12.3 Å². The predicted molar refractivity (Wildman–Crippen MR) is 67.3 cm³/mol. The fourth-order valence-electron chi connectivity index (χ4n) is 1.71. The van der Waals surface area contributed by atoms with Gasteiger partial charge in [0, 0.05) is 12.7 Å². The Morgan fingerprint density at radius 3 is 2.76 bits per heavy atom. The van der Waals surface area contributed by atoms with E-state index in [1.165, 1.54) is 24.4 Å². The first kappa shape index (κ1) is 15.0. The van der Waals surface area contributed by atoms with Gasteiger partial charge in [0.2, 0.25) is 0 Å². The quantitative estimate of drug-likeness (QED) is 0.807. The first-order valence-electron chi connectivity index (χ1n) is 6.00. The lowest BCUT2D eigenvalue weighted by molar-refractivity contribution is -0.137. The molecular formula is C13H12F3N3O2. The van der Waals surface area contributed by atoms with E-state index in [1.807, 2.05) is 0 Å². The third kappa shape index (κ3) is 3.82. The fourth-order valence-corrected chi connectivity index (χ4v) is 1.71. The number of carbonyl (C=O) groups is 1. The van der Waals surface area contributed by atoms with E-state index in [2.05, 4.69) is 15.5 Å². The molecule has 0 radical (unpaired) electrons. The maximum atomic E-state index is 12.6. The number of hydrogen-bond acceptors (Lipinski definition) is 3. The van der Waals surface area contributed by atoms with E-state index in [0.29, 0.717) is 0 Å². The topological polar surface area (TPSA) is 78.0 Å². The summed E-state index contributed by atoms with van der Waals surface area (Å²) in [4.78, 5) is 11.6. The number of benzene rings is 1. The van der Waals surface area contributed by atoms with Gasteiger partial charge >= 0.3 is 6.18 Å². The summed E-state index contributed by atoms with van der Waals surface area (Å²) >= 11 is 0. The Labute approximate surface area is 117 Å². The molecule has 3 N–H and O–H groups in total. The zero-order valence-electron chi connectivity index (χ0n) is 10.7. The van der Waals surface area contributed by atoms with Crippen molar-refractivity contribution in [1.82, 2.24) is 15.5 Å². The minimum Gasteiger partial charge on any atom is -0.387 e. The van der Waals surface area contributed by atoms with Crippen LogP contribution >= 0.6 is 0 Å². The molecule has 1 aromatic heterocycles. The highest BCUT2D eigenvalue weighted by Gasteiger charge is 2.30. The van der Waals surface area contributed by atoms with Gasteiger partial charge < -0.3 is 10.4 Å². The Balaban J connectivity index is 2.00. The number of rotatable bonds is 4. The van der Waals surface area contributed by atoms with Crippen molar-refractivity contribution in [3.63, 3.8) is 0 Å². The van der Waals surface area contributed by atoms with Gasteiger partial charge in [0.1, 0.15) is 5.69 Å². The summed E-state index contributed by atoms with van der Waals surface area (Å²) in [6, 6.07) is 5.78. The molecular weight excluding hydrogens is 287 g/mol. The van der Waals surface area contributed by atoms with E-state index in [0.717, 1.165) is 12.1 Å². The van der Waals surface area contributed by atoms with Crippen LogP contribution in [0.4, 0.5) is 13.2 Å². The largest absolute Gasteiger partial charge is 0.416 e. The summed E-state index contributed by atoms with van der Waals surface area (Å²) < 4.78 is 37.7. The molecule has 112 valence electrons. The summed E-state index contributed by atoms with van der Waals surface area (Å²) in [5, 5.41) is 18.3. The van der Waals surface area contributed by atoms with Crippen molar-refractivity contribution in [2.75, 3.05) is 6.54 Å². The number of amides is 1. The second-order valence-electron chi connectivity index (χ2n) is 4.32. The van der Waals surface area contributed by atoms with Gasteiger partial charge in [0.15, 0.2) is 0 Å². The lowest BCUT2D eigenvalue weighted by atomic mass is 10.1. The molecule has 0 saturated heterocycles. The molecule has 0 bridgehead atoms. The Morgan fingerprint density at radius 1 is 1.38 bits per heavy atom. The minimum atomic E-state index is -4.48. The Morgan fingerprint density at radius 2 is 2.14 bits per heavy atom. The fraction of sp³-hybridized carbons (Fsp3) is 0.231. The van der Waals surface area contributed by atoms with Gasteiger partial charge in [0.05, 0.1) is 11.7 Å². The summed E-state index contributed by atoms with van der Waals surface area (Å²) in [6.07, 6.45) is -4.33. The lowest BCUT2D eigenvalue weighted by Gasteiger charge is -2.14. The monoisotopic (exact) mass is 299 g/mol. The Bertz CT molecular complexity index is 611. The number of H-pyrrole nitrogens is 1. The first-order chi connectivity index (χ1) is 9.88. The Hall–Kier alpha value is -2.35. The zero-order chi connectivity index (χ0) is 15.5. The average Bonchev–Trinajstić information content (AvgIpc) is 2.98. The highest BCUT2D eigenvalue weighted by atomic mass is 19.4. The lowest BCUT2D eigenvalue weighted by Crippen LogP contribution is -2.28. The normalized spacial score (nSPS) is 13.0. The minimum absolute atomic E-state index is 0.0785. The van der Waals surface area contributed by atoms with Crippen LogP contribution in [0.5, 0.6) is 0 Å². The van der Waals surface area contributed by atoms with Crippen LogP contribution in [0.3, 0.4) is 0 Å². The van der Waals surface area contributed by atoms with Crippen LogP contribution in [0, 0.1) is 0 Å². The number of nitrogens with zero attached hydrogens (tertiary/aromatic N) is 1. The number of hydrogen-bond donors (Lipinski definition) is 3. The molecule has 8 heteroatoms. The van der Waals surface area contributed by atoms with Gasteiger partial charge in [-0.3, -0.25) is 9.89 Å². The van der Waals surface area contributed by atoms with Gasteiger partial charge in [-0.15, -0.1) is 0 Å². The highest BCUT2D eigenvalue weighted by molar-refractivity contribution is 5.92. The molecule has 0 saturated carbocycles. The highest BCUT2D eigenvalue weighted by Crippen LogP contribution is 2.30. The SMILES string of the molecule is O=C(NC[C@H](O)c1cccc(C(F)(F)F)c1)c1ccn[nH]1. The molecule has 5 nitrogen and oxygen atoms in total. The van der Waals surface area contributed by atoms with E-state index in [1.54, 1.807) is 0 Å². The number of aliphatic hydroxyl groups excluding tert-OH is 1. The first-order valence-corrected chi connectivity index (χ1v) is 6.00. The van der Waals surface area contributed by atoms with Crippen LogP contribution in [0.25, 0.3) is 0 Å². The van der Waals surface area contributed by atoms with Gasteiger partial charge in [0.25, 0.3) is 5.91 Å². The molecule has 21 heavy (non-hydrogen) atoms. The molecule has 1 heterocycles. The molecule has 2 rings (SSSR count). The molecule has 0 aliphatic carbocycles. The maximum absolute atomic E-state index is 12.6. The van der Waals surface area contributed by atoms with Crippen molar-refractivity contribution < 1.29 is 23.1 Å². The van der Waals surface area contributed by atoms with Crippen LogP contribution in [-0.2, 0) is 6.18 Å². The molecule has 0 aliphatic heterocycles. The second-order valence-corrected chi connectivity index (χ2v) is 4.32. The number of aliphatic hydroxyl groups is 1. The third-order valence-corrected chi connectivity index (χ3v) is 2.80. The van der Waals surface area contributed by atoms with Crippen molar-refractivity contribution in [3.8, 4) is 0 Å². The van der Waals surface area contributed by atoms with Crippen LogP contribution in [-0.4, -0.2) is 27.8 Å². The van der Waals surface area contributed by atoms with Crippen molar-refractivity contribution >= 4 is 5.91 Å². The van der Waals surface area contributed by atoms with Gasteiger partial charge in [-0.05, 0) is 23.8 Å². The van der Waals surface area contributed by atoms with Crippen LogP contribution in [0.1, 0.15) is 27.7 Å². The summed E-state index contributed by atoms with van der Waals surface area (Å²) in [7, 11) is 0. The van der Waals surface area contributed by atoms with Crippen LogP contribution < -0.4 is 5.32 Å². The van der Waals surface area contributed by atoms with E-state index in [-0.39, 0.29) is 17.8 Å². The third-order valence-electron chi connectivity index (χ3n) is 2.80. The summed E-state index contributed by atoms with van der Waals surface area (Å²) in [6.45, 7) is -0.209. The Kier molecular flexibility index (Phi) is 4.27. The standard InChI is InChI=1S/C13H12F3N3O2/c14-13(15,16)9-3-1-2-8(6-9)11(20)7-17-12(21)10-4-5-18-19-10/h1-6,11,20H,7H2,(H,17,21)(H,18,19)/t11-/m0/s1. The van der Waals surface area contributed by atoms with Crippen molar-refractivity contribution in [2.24, 2.45) is 0 Å². The van der Waals surface area contributed by atoms with Gasteiger partial charge in [-0.2, -0.15) is 18.3 Å². The predicted octanol–water partition coefficient (Wildman–Crippen LogP) is 1.89. The smallest absolute Gasteiger partial charge is 0.387 e.